The maximum atomic E-state index is 12.5. The summed E-state index contributed by atoms with van der Waals surface area (Å²) in [6.07, 6.45) is -0.494. The van der Waals surface area contributed by atoms with Crippen LogP contribution >= 0.6 is 0 Å². The first-order valence-electron chi connectivity index (χ1n) is 7.25. The summed E-state index contributed by atoms with van der Waals surface area (Å²) in [4.78, 5) is 24.5. The van der Waals surface area contributed by atoms with Crippen LogP contribution in [-0.4, -0.2) is 24.8 Å². The number of amides is 2. The SMILES string of the molecule is CCOC(=O)C1=C(C2NNNN2)NC(=O)NC1c1ccccc1. The molecule has 0 saturated carbocycles. The average molecular weight is 318 g/mol. The maximum Gasteiger partial charge on any atom is 0.338 e. The highest BCUT2D eigenvalue weighted by Gasteiger charge is 2.37. The standard InChI is InChI=1S/C14H18N6O3/c1-2-23-13(21)9-10(8-6-4-3-5-7-8)15-14(22)16-11(9)12-17-19-20-18-12/h3-7,10,12,17-20H,2H2,1H3,(H2,15,16,22). The number of benzene rings is 1. The van der Waals surface area contributed by atoms with E-state index in [1.54, 1.807) is 6.92 Å². The smallest absolute Gasteiger partial charge is 0.338 e. The molecular formula is C14H18N6O3. The summed E-state index contributed by atoms with van der Waals surface area (Å²) in [5.74, 6) is -0.487. The van der Waals surface area contributed by atoms with Crippen LogP contribution in [0.2, 0.25) is 0 Å². The van der Waals surface area contributed by atoms with E-state index in [2.05, 4.69) is 32.6 Å². The Bertz CT molecular complexity index is 627. The van der Waals surface area contributed by atoms with Gasteiger partial charge < -0.3 is 15.4 Å². The van der Waals surface area contributed by atoms with Gasteiger partial charge in [-0.25, -0.2) is 20.4 Å². The van der Waals surface area contributed by atoms with E-state index in [0.717, 1.165) is 5.56 Å². The maximum absolute atomic E-state index is 12.5. The van der Waals surface area contributed by atoms with Crippen molar-refractivity contribution in [2.75, 3.05) is 6.61 Å². The molecule has 0 radical (unpaired) electrons. The Balaban J connectivity index is 2.06. The molecule has 1 unspecified atom stereocenters. The number of carbonyl (C=O) groups is 2. The summed E-state index contributed by atoms with van der Waals surface area (Å²) >= 11 is 0. The number of nitrogens with one attached hydrogen (secondary N) is 6. The van der Waals surface area contributed by atoms with Crippen molar-refractivity contribution >= 4 is 12.0 Å². The van der Waals surface area contributed by atoms with Gasteiger partial charge in [-0.05, 0) is 12.5 Å². The van der Waals surface area contributed by atoms with Gasteiger partial charge in [-0.1, -0.05) is 30.3 Å². The normalized spacial score (nSPS) is 21.8. The second-order valence-corrected chi connectivity index (χ2v) is 4.96. The quantitative estimate of drug-likeness (QED) is 0.407. The molecule has 122 valence electrons. The molecule has 1 aromatic rings. The van der Waals surface area contributed by atoms with Gasteiger partial charge in [-0.3, -0.25) is 0 Å². The van der Waals surface area contributed by atoms with Crippen LogP contribution in [0.15, 0.2) is 41.6 Å². The highest BCUT2D eigenvalue weighted by molar-refractivity contribution is 5.95. The third kappa shape index (κ3) is 3.17. The average Bonchev–Trinajstić information content (AvgIpc) is 3.09. The minimum absolute atomic E-state index is 0.243. The predicted molar refractivity (Wildman–Crippen MR) is 80.8 cm³/mol. The van der Waals surface area contributed by atoms with Gasteiger partial charge in [0.15, 0.2) is 0 Å². The van der Waals surface area contributed by atoms with Gasteiger partial charge in [-0.15, -0.1) is 0 Å². The first-order chi connectivity index (χ1) is 11.2. The van der Waals surface area contributed by atoms with Gasteiger partial charge in [-0.2, -0.15) is 11.1 Å². The lowest BCUT2D eigenvalue weighted by Gasteiger charge is -2.31. The fraction of sp³-hybridized carbons (Fsp3) is 0.286. The third-order valence-corrected chi connectivity index (χ3v) is 3.51. The fourth-order valence-corrected chi connectivity index (χ4v) is 2.54. The molecule has 2 amide bonds. The first-order valence-corrected chi connectivity index (χ1v) is 7.25. The molecule has 1 saturated heterocycles. The summed E-state index contributed by atoms with van der Waals surface area (Å²) in [5, 5.41) is 5.44. The van der Waals surface area contributed by atoms with Crippen LogP contribution in [0.1, 0.15) is 18.5 Å². The molecule has 0 aliphatic carbocycles. The number of hydrogen-bond acceptors (Lipinski definition) is 7. The summed E-state index contributed by atoms with van der Waals surface area (Å²) < 4.78 is 5.17. The van der Waals surface area contributed by atoms with Crippen molar-refractivity contribution in [2.45, 2.75) is 19.1 Å². The van der Waals surface area contributed by atoms with Crippen LogP contribution in [0.3, 0.4) is 0 Å². The first kappa shape index (κ1) is 15.4. The number of esters is 1. The van der Waals surface area contributed by atoms with Gasteiger partial charge in [0.25, 0.3) is 0 Å². The van der Waals surface area contributed by atoms with Crippen LogP contribution in [0.5, 0.6) is 0 Å². The Morgan fingerprint density at radius 1 is 1.17 bits per heavy atom. The van der Waals surface area contributed by atoms with Crippen LogP contribution < -0.4 is 32.6 Å². The number of hydrazine groups is 3. The largest absolute Gasteiger partial charge is 0.463 e. The van der Waals surface area contributed by atoms with Crippen molar-refractivity contribution < 1.29 is 14.3 Å². The van der Waals surface area contributed by atoms with E-state index >= 15 is 0 Å². The molecule has 1 aromatic carbocycles. The summed E-state index contributed by atoms with van der Waals surface area (Å²) in [6, 6.07) is 8.27. The molecule has 9 heteroatoms. The second-order valence-electron chi connectivity index (χ2n) is 4.96. The lowest BCUT2D eigenvalue weighted by Crippen LogP contribution is -2.53. The fourth-order valence-electron chi connectivity index (χ4n) is 2.54. The molecular weight excluding hydrogens is 300 g/mol. The predicted octanol–water partition coefficient (Wildman–Crippen LogP) is -0.699. The Hall–Kier alpha value is -2.46. The zero-order chi connectivity index (χ0) is 16.2. The Morgan fingerprint density at radius 2 is 1.87 bits per heavy atom. The Kier molecular flexibility index (Phi) is 4.53. The van der Waals surface area contributed by atoms with Crippen molar-refractivity contribution in [3.05, 3.63) is 47.2 Å². The summed E-state index contributed by atoms with van der Waals surface area (Å²) in [5.41, 5.74) is 12.6. The van der Waals surface area contributed by atoms with Gasteiger partial charge in [0.1, 0.15) is 6.17 Å². The third-order valence-electron chi connectivity index (χ3n) is 3.51. The van der Waals surface area contributed by atoms with E-state index in [0.29, 0.717) is 11.3 Å². The number of carbonyl (C=O) groups excluding carboxylic acids is 2. The van der Waals surface area contributed by atoms with Gasteiger partial charge >= 0.3 is 12.0 Å². The molecule has 0 bridgehead atoms. The van der Waals surface area contributed by atoms with E-state index < -0.39 is 24.2 Å². The van der Waals surface area contributed by atoms with Crippen LogP contribution in [0.25, 0.3) is 0 Å². The van der Waals surface area contributed by atoms with Crippen molar-refractivity contribution in [3.63, 3.8) is 0 Å². The van der Waals surface area contributed by atoms with Crippen molar-refractivity contribution in [3.8, 4) is 0 Å². The topological polar surface area (TPSA) is 116 Å². The Labute approximate surface area is 132 Å². The number of rotatable bonds is 4. The zero-order valence-electron chi connectivity index (χ0n) is 12.5. The summed E-state index contributed by atoms with van der Waals surface area (Å²) in [7, 11) is 0. The van der Waals surface area contributed by atoms with Crippen LogP contribution in [0, 0.1) is 0 Å². The van der Waals surface area contributed by atoms with E-state index in [1.165, 1.54) is 0 Å². The van der Waals surface area contributed by atoms with Gasteiger partial charge in [0.2, 0.25) is 0 Å². The molecule has 23 heavy (non-hydrogen) atoms. The highest BCUT2D eigenvalue weighted by atomic mass is 16.5. The van der Waals surface area contributed by atoms with Crippen LogP contribution in [0.4, 0.5) is 4.79 Å². The monoisotopic (exact) mass is 318 g/mol. The molecule has 3 rings (SSSR count). The van der Waals surface area contributed by atoms with Gasteiger partial charge in [0, 0.05) is 0 Å². The zero-order valence-corrected chi connectivity index (χ0v) is 12.5. The molecule has 2 aliphatic heterocycles. The molecule has 2 heterocycles. The molecule has 1 fully saturated rings. The van der Waals surface area contributed by atoms with Crippen LogP contribution in [-0.2, 0) is 9.53 Å². The number of urea groups is 1. The molecule has 0 spiro atoms. The lowest BCUT2D eigenvalue weighted by atomic mass is 9.94. The number of hydrogen-bond donors (Lipinski definition) is 6. The molecule has 1 atom stereocenters. The Morgan fingerprint density at radius 3 is 2.52 bits per heavy atom. The minimum Gasteiger partial charge on any atom is -0.463 e. The highest BCUT2D eigenvalue weighted by Crippen LogP contribution is 2.28. The number of ether oxygens (including phenoxy) is 1. The summed E-state index contributed by atoms with van der Waals surface area (Å²) in [6.45, 7) is 1.98. The minimum atomic E-state index is -0.594. The molecule has 0 aromatic heterocycles. The van der Waals surface area contributed by atoms with E-state index in [1.807, 2.05) is 30.3 Å². The van der Waals surface area contributed by atoms with E-state index in [4.69, 9.17) is 4.74 Å². The van der Waals surface area contributed by atoms with E-state index in [-0.39, 0.29) is 6.61 Å². The van der Waals surface area contributed by atoms with Gasteiger partial charge in [0.05, 0.1) is 23.9 Å². The molecule has 2 aliphatic rings. The van der Waals surface area contributed by atoms with Crippen molar-refractivity contribution in [2.24, 2.45) is 0 Å². The van der Waals surface area contributed by atoms with Crippen molar-refractivity contribution in [1.29, 1.82) is 0 Å². The second kappa shape index (κ2) is 6.75. The van der Waals surface area contributed by atoms with Crippen molar-refractivity contribution in [1.82, 2.24) is 32.6 Å². The molecule has 9 nitrogen and oxygen atoms in total. The van der Waals surface area contributed by atoms with E-state index in [9.17, 15) is 9.59 Å². The molecule has 6 N–H and O–H groups in total. The lowest BCUT2D eigenvalue weighted by molar-refractivity contribution is -0.139.